The third kappa shape index (κ3) is 3.31. The van der Waals surface area contributed by atoms with Crippen LogP contribution >= 0.6 is 0 Å². The van der Waals surface area contributed by atoms with E-state index in [-0.39, 0.29) is 6.04 Å². The van der Waals surface area contributed by atoms with Crippen LogP contribution in [0.15, 0.2) is 12.4 Å². The Balaban J connectivity index is 1.76. The topological polar surface area (TPSA) is 56.9 Å². The van der Waals surface area contributed by atoms with Gasteiger partial charge in [-0.3, -0.25) is 4.90 Å². The lowest BCUT2D eigenvalue weighted by Crippen LogP contribution is -2.38. The van der Waals surface area contributed by atoms with Gasteiger partial charge in [-0.2, -0.15) is 5.26 Å². The first-order valence-electron chi connectivity index (χ1n) is 6.69. The highest BCUT2D eigenvalue weighted by Crippen LogP contribution is 2.10. The maximum atomic E-state index is 9.06. The van der Waals surface area contributed by atoms with Gasteiger partial charge < -0.3 is 9.88 Å². The highest BCUT2D eigenvalue weighted by atomic mass is 15.2. The molecule has 1 aliphatic rings. The molecule has 1 aliphatic heterocycles. The summed E-state index contributed by atoms with van der Waals surface area (Å²) in [5.41, 5.74) is 0. The van der Waals surface area contributed by atoms with Gasteiger partial charge >= 0.3 is 0 Å². The summed E-state index contributed by atoms with van der Waals surface area (Å²) in [6.07, 6.45) is 5.85. The number of hydrogen-bond donors (Lipinski definition) is 1. The fourth-order valence-electron chi connectivity index (χ4n) is 2.26. The molecule has 0 saturated heterocycles. The first kappa shape index (κ1) is 13.1. The molecule has 1 N–H and O–H groups in total. The van der Waals surface area contributed by atoms with Crippen molar-refractivity contribution in [3.05, 3.63) is 18.2 Å². The summed E-state index contributed by atoms with van der Waals surface area (Å²) in [7, 11) is 0. The second-order valence-corrected chi connectivity index (χ2v) is 4.74. The summed E-state index contributed by atoms with van der Waals surface area (Å²) in [5, 5.41) is 12.3. The molecule has 98 valence electrons. The van der Waals surface area contributed by atoms with Crippen molar-refractivity contribution in [2.45, 2.75) is 38.9 Å². The molecule has 5 heteroatoms. The number of imidazole rings is 1. The molecule has 0 bridgehead atoms. The van der Waals surface area contributed by atoms with Gasteiger partial charge in [0.05, 0.1) is 18.7 Å². The third-order valence-electron chi connectivity index (χ3n) is 3.35. The van der Waals surface area contributed by atoms with Crippen LogP contribution in [-0.2, 0) is 13.1 Å². The van der Waals surface area contributed by atoms with Crippen LogP contribution in [0.25, 0.3) is 0 Å². The number of nitrogens with one attached hydrogen (secondary N) is 1. The number of rotatable bonds is 6. The van der Waals surface area contributed by atoms with Crippen LogP contribution in [0.5, 0.6) is 0 Å². The van der Waals surface area contributed by atoms with Crippen molar-refractivity contribution < 1.29 is 0 Å². The normalized spacial score (nSPS) is 17.1. The van der Waals surface area contributed by atoms with Gasteiger partial charge in [0.15, 0.2) is 0 Å². The zero-order chi connectivity index (χ0) is 12.8. The average Bonchev–Trinajstić information content (AvgIpc) is 2.86. The Morgan fingerprint density at radius 2 is 2.44 bits per heavy atom. The van der Waals surface area contributed by atoms with E-state index in [2.05, 4.69) is 32.8 Å². The lowest BCUT2D eigenvalue weighted by atomic mass is 10.2. The Morgan fingerprint density at radius 1 is 1.56 bits per heavy atom. The lowest BCUT2D eigenvalue weighted by molar-refractivity contribution is 0.210. The zero-order valence-corrected chi connectivity index (χ0v) is 11.0. The summed E-state index contributed by atoms with van der Waals surface area (Å²) >= 11 is 0. The predicted molar refractivity (Wildman–Crippen MR) is 69.8 cm³/mol. The van der Waals surface area contributed by atoms with Crippen molar-refractivity contribution in [2.24, 2.45) is 0 Å². The minimum Gasteiger partial charge on any atom is -0.333 e. The Labute approximate surface area is 108 Å². The van der Waals surface area contributed by atoms with E-state index in [0.29, 0.717) is 0 Å². The maximum absolute atomic E-state index is 9.06. The molecule has 1 atom stereocenters. The molecule has 0 spiro atoms. The summed E-state index contributed by atoms with van der Waals surface area (Å²) in [6, 6.07) is 2.31. The molecule has 2 rings (SSSR count). The average molecular weight is 247 g/mol. The second-order valence-electron chi connectivity index (χ2n) is 4.74. The molecule has 1 aromatic heterocycles. The first-order valence-corrected chi connectivity index (χ1v) is 6.69. The molecule has 18 heavy (non-hydrogen) atoms. The highest BCUT2D eigenvalue weighted by molar-refractivity contribution is 4.96. The lowest BCUT2D eigenvalue weighted by Gasteiger charge is -2.28. The minimum absolute atomic E-state index is 0.0216. The Morgan fingerprint density at radius 3 is 3.22 bits per heavy atom. The van der Waals surface area contributed by atoms with Crippen molar-refractivity contribution in [3.63, 3.8) is 0 Å². The van der Waals surface area contributed by atoms with E-state index >= 15 is 0 Å². The summed E-state index contributed by atoms with van der Waals surface area (Å²) in [6.45, 7) is 6.96. The maximum Gasteiger partial charge on any atom is 0.122 e. The Kier molecular flexibility index (Phi) is 4.73. The van der Waals surface area contributed by atoms with Gasteiger partial charge in [-0.05, 0) is 19.4 Å². The van der Waals surface area contributed by atoms with Crippen LogP contribution in [0.3, 0.4) is 0 Å². The van der Waals surface area contributed by atoms with Gasteiger partial charge in [0.1, 0.15) is 5.82 Å². The first-order chi connectivity index (χ1) is 8.83. The van der Waals surface area contributed by atoms with Crippen LogP contribution in [0.4, 0.5) is 0 Å². The molecule has 5 nitrogen and oxygen atoms in total. The molecule has 0 fully saturated rings. The van der Waals surface area contributed by atoms with Crippen molar-refractivity contribution >= 4 is 0 Å². The monoisotopic (exact) mass is 247 g/mol. The number of fused-ring (bicyclic) bond motifs is 1. The second kappa shape index (κ2) is 6.53. The predicted octanol–water partition coefficient (Wildman–Crippen LogP) is 0.981. The molecule has 0 radical (unpaired) electrons. The van der Waals surface area contributed by atoms with Crippen molar-refractivity contribution in [2.75, 3.05) is 19.6 Å². The number of hydrogen-bond acceptors (Lipinski definition) is 4. The summed E-state index contributed by atoms with van der Waals surface area (Å²) in [4.78, 5) is 6.72. The van der Waals surface area contributed by atoms with E-state index < -0.39 is 0 Å². The van der Waals surface area contributed by atoms with Gasteiger partial charge in [-0.15, -0.1) is 0 Å². The molecule has 1 aromatic rings. The smallest absolute Gasteiger partial charge is 0.122 e. The van der Waals surface area contributed by atoms with Crippen LogP contribution < -0.4 is 5.32 Å². The fraction of sp³-hybridized carbons (Fsp3) is 0.692. The molecular formula is C13H21N5. The quantitative estimate of drug-likeness (QED) is 0.814. The van der Waals surface area contributed by atoms with Gasteiger partial charge in [0.25, 0.3) is 0 Å². The van der Waals surface area contributed by atoms with E-state index in [9.17, 15) is 0 Å². The van der Waals surface area contributed by atoms with E-state index in [1.165, 1.54) is 0 Å². The standard InChI is InChI=1S/C13H21N5/c1-2-4-15-12(10-14)3-6-17-8-9-18-7-5-16-13(18)11-17/h5,7,12,15H,2-4,6,8-9,11H2,1H3. The molecule has 0 aliphatic carbocycles. The summed E-state index contributed by atoms with van der Waals surface area (Å²) < 4.78 is 2.20. The molecule has 0 aromatic carbocycles. The summed E-state index contributed by atoms with van der Waals surface area (Å²) in [5.74, 6) is 1.14. The third-order valence-corrected chi connectivity index (χ3v) is 3.35. The van der Waals surface area contributed by atoms with Crippen LogP contribution in [0.1, 0.15) is 25.6 Å². The van der Waals surface area contributed by atoms with Crippen molar-refractivity contribution in [1.82, 2.24) is 19.8 Å². The van der Waals surface area contributed by atoms with E-state index in [1.54, 1.807) is 0 Å². The van der Waals surface area contributed by atoms with Gasteiger partial charge in [-0.1, -0.05) is 6.92 Å². The van der Waals surface area contributed by atoms with Crippen LogP contribution in [0.2, 0.25) is 0 Å². The largest absolute Gasteiger partial charge is 0.333 e. The Bertz CT molecular complexity index is 406. The van der Waals surface area contributed by atoms with Crippen LogP contribution in [0, 0.1) is 11.3 Å². The molecule has 2 heterocycles. The van der Waals surface area contributed by atoms with E-state index in [1.807, 2.05) is 12.4 Å². The number of aromatic nitrogens is 2. The van der Waals surface area contributed by atoms with Crippen molar-refractivity contribution in [3.8, 4) is 6.07 Å². The molecule has 1 unspecified atom stereocenters. The highest BCUT2D eigenvalue weighted by Gasteiger charge is 2.17. The minimum atomic E-state index is -0.0216. The number of nitriles is 1. The van der Waals surface area contributed by atoms with E-state index in [4.69, 9.17) is 5.26 Å². The van der Waals surface area contributed by atoms with Crippen LogP contribution in [-0.4, -0.2) is 40.1 Å². The van der Waals surface area contributed by atoms with Gasteiger partial charge in [-0.25, -0.2) is 4.98 Å². The van der Waals surface area contributed by atoms with Gasteiger partial charge in [0, 0.05) is 32.0 Å². The molecule has 0 amide bonds. The van der Waals surface area contributed by atoms with E-state index in [0.717, 1.165) is 51.4 Å². The fourth-order valence-corrected chi connectivity index (χ4v) is 2.26. The zero-order valence-electron chi connectivity index (χ0n) is 11.0. The molecule has 0 saturated carbocycles. The molecular weight excluding hydrogens is 226 g/mol. The van der Waals surface area contributed by atoms with Gasteiger partial charge in [0.2, 0.25) is 0 Å². The SMILES string of the molecule is CCCNC(C#N)CCN1CCn2ccnc2C1. The van der Waals surface area contributed by atoms with Crippen molar-refractivity contribution in [1.29, 1.82) is 5.26 Å². The number of nitrogens with zero attached hydrogens (tertiary/aromatic N) is 4. The Hall–Kier alpha value is -1.38.